The molecule has 59 heavy (non-hydrogen) atoms. The summed E-state index contributed by atoms with van der Waals surface area (Å²) in [6, 6.07) is 0. The minimum atomic E-state index is -0.763. The summed E-state index contributed by atoms with van der Waals surface area (Å²) in [6.07, 6.45) is 43.8. The number of esters is 3. The summed E-state index contributed by atoms with van der Waals surface area (Å²) in [5.74, 6) is 1.60. The standard InChI is InChI=1S/C53H102O6/c1-47(2)39-33-27-21-16-12-8-7-9-14-18-24-30-36-42-51(54)57-45-50(59-53(56)44-38-32-26-20-23-29-35-41-49(5)6)46-58-52(55)43-37-31-25-19-15-11-10-13-17-22-28-34-40-48(3)4/h47-50H,7-46H2,1-6H3/t50-/m0/s1. The normalized spacial score (nSPS) is 12.2. The van der Waals surface area contributed by atoms with Gasteiger partial charge in [-0.1, -0.05) is 247 Å². The molecule has 0 aromatic rings. The molecule has 0 spiro atoms. The van der Waals surface area contributed by atoms with Crippen molar-refractivity contribution in [1.29, 1.82) is 0 Å². The summed E-state index contributed by atoms with van der Waals surface area (Å²) in [5, 5.41) is 0. The average molecular weight is 835 g/mol. The van der Waals surface area contributed by atoms with Gasteiger partial charge in [0, 0.05) is 19.3 Å². The Bertz CT molecular complexity index is 914. The summed E-state index contributed by atoms with van der Waals surface area (Å²) in [5.41, 5.74) is 0. The van der Waals surface area contributed by atoms with E-state index < -0.39 is 6.10 Å². The van der Waals surface area contributed by atoms with Crippen molar-refractivity contribution in [1.82, 2.24) is 0 Å². The Morgan fingerprint density at radius 1 is 0.288 bits per heavy atom. The largest absolute Gasteiger partial charge is 0.462 e. The van der Waals surface area contributed by atoms with Gasteiger partial charge < -0.3 is 14.2 Å². The third-order valence-electron chi connectivity index (χ3n) is 11.9. The van der Waals surface area contributed by atoms with Gasteiger partial charge in [-0.2, -0.15) is 0 Å². The zero-order chi connectivity index (χ0) is 43.4. The van der Waals surface area contributed by atoms with Crippen molar-refractivity contribution in [2.45, 2.75) is 292 Å². The van der Waals surface area contributed by atoms with E-state index in [0.29, 0.717) is 19.3 Å². The predicted octanol–water partition coefficient (Wildman–Crippen LogP) is 16.8. The second kappa shape index (κ2) is 44.5. The van der Waals surface area contributed by atoms with E-state index in [-0.39, 0.29) is 31.1 Å². The highest BCUT2D eigenvalue weighted by Gasteiger charge is 2.19. The monoisotopic (exact) mass is 835 g/mol. The quantitative estimate of drug-likeness (QED) is 0.0345. The predicted molar refractivity (Wildman–Crippen MR) is 252 cm³/mol. The SMILES string of the molecule is CC(C)CCCCCCCCCCCCCCCC(=O)OC[C@@H](COC(=O)CCCCCCCCCCCCCCC(C)C)OC(=O)CCCCCCCCCC(C)C. The van der Waals surface area contributed by atoms with Crippen molar-refractivity contribution >= 4 is 17.9 Å². The fourth-order valence-electron chi connectivity index (χ4n) is 7.94. The first-order valence-corrected chi connectivity index (χ1v) is 26.1. The topological polar surface area (TPSA) is 78.9 Å². The molecule has 0 aliphatic heterocycles. The van der Waals surface area contributed by atoms with Crippen LogP contribution < -0.4 is 0 Å². The maximum atomic E-state index is 12.7. The Labute approximate surface area is 368 Å². The molecule has 0 heterocycles. The first-order chi connectivity index (χ1) is 28.6. The van der Waals surface area contributed by atoms with Crippen molar-refractivity contribution in [3.8, 4) is 0 Å². The third kappa shape index (κ3) is 47.3. The Morgan fingerprint density at radius 3 is 0.729 bits per heavy atom. The van der Waals surface area contributed by atoms with Gasteiger partial charge in [0.05, 0.1) is 0 Å². The van der Waals surface area contributed by atoms with Crippen LogP contribution in [0.1, 0.15) is 286 Å². The molecular formula is C53H102O6. The summed E-state index contributed by atoms with van der Waals surface area (Å²) in [4.78, 5) is 37.9. The lowest BCUT2D eigenvalue weighted by Crippen LogP contribution is -2.30. The molecule has 0 bridgehead atoms. The lowest BCUT2D eigenvalue weighted by Gasteiger charge is -2.18. The van der Waals surface area contributed by atoms with Crippen LogP contribution in [0.15, 0.2) is 0 Å². The van der Waals surface area contributed by atoms with Crippen LogP contribution in [0.5, 0.6) is 0 Å². The molecule has 0 aromatic carbocycles. The molecule has 0 rings (SSSR count). The number of rotatable bonds is 46. The van der Waals surface area contributed by atoms with E-state index in [9.17, 15) is 14.4 Å². The van der Waals surface area contributed by atoms with E-state index >= 15 is 0 Å². The molecule has 0 N–H and O–H groups in total. The molecule has 0 aliphatic carbocycles. The minimum absolute atomic E-state index is 0.0652. The van der Waals surface area contributed by atoms with E-state index in [4.69, 9.17) is 14.2 Å². The molecule has 0 saturated carbocycles. The molecule has 0 radical (unpaired) electrons. The summed E-state index contributed by atoms with van der Waals surface area (Å²) in [6.45, 7) is 13.7. The second-order valence-electron chi connectivity index (χ2n) is 19.6. The first-order valence-electron chi connectivity index (χ1n) is 26.1. The smallest absolute Gasteiger partial charge is 0.306 e. The Balaban J connectivity index is 4.27. The molecule has 1 atom stereocenters. The van der Waals surface area contributed by atoms with Crippen LogP contribution >= 0.6 is 0 Å². The van der Waals surface area contributed by atoms with Gasteiger partial charge in [0.2, 0.25) is 0 Å². The highest BCUT2D eigenvalue weighted by molar-refractivity contribution is 5.71. The fourth-order valence-corrected chi connectivity index (χ4v) is 7.94. The van der Waals surface area contributed by atoms with Gasteiger partial charge in [-0.05, 0) is 37.0 Å². The number of ether oxygens (including phenoxy) is 3. The molecule has 0 fully saturated rings. The van der Waals surface area contributed by atoms with E-state index in [1.165, 1.54) is 167 Å². The molecule has 6 heteroatoms. The fraction of sp³-hybridized carbons (Fsp3) is 0.943. The van der Waals surface area contributed by atoms with Crippen LogP contribution in [-0.2, 0) is 28.6 Å². The Morgan fingerprint density at radius 2 is 0.492 bits per heavy atom. The van der Waals surface area contributed by atoms with Crippen molar-refractivity contribution in [2.24, 2.45) is 17.8 Å². The van der Waals surface area contributed by atoms with Crippen LogP contribution in [-0.4, -0.2) is 37.2 Å². The molecule has 0 aliphatic rings. The number of carbonyl (C=O) groups is 3. The van der Waals surface area contributed by atoms with E-state index in [1.807, 2.05) is 0 Å². The summed E-state index contributed by atoms with van der Waals surface area (Å²) < 4.78 is 16.8. The summed E-state index contributed by atoms with van der Waals surface area (Å²) >= 11 is 0. The van der Waals surface area contributed by atoms with Gasteiger partial charge in [-0.15, -0.1) is 0 Å². The first kappa shape index (κ1) is 57.4. The van der Waals surface area contributed by atoms with Crippen LogP contribution in [0.3, 0.4) is 0 Å². The molecule has 0 saturated heterocycles. The highest BCUT2D eigenvalue weighted by atomic mass is 16.6. The van der Waals surface area contributed by atoms with Gasteiger partial charge in [0.15, 0.2) is 6.10 Å². The lowest BCUT2D eigenvalue weighted by molar-refractivity contribution is -0.167. The van der Waals surface area contributed by atoms with E-state index in [0.717, 1.165) is 75.5 Å². The van der Waals surface area contributed by atoms with Crippen LogP contribution in [0.25, 0.3) is 0 Å². The zero-order valence-corrected chi connectivity index (χ0v) is 40.5. The van der Waals surface area contributed by atoms with Crippen LogP contribution in [0.2, 0.25) is 0 Å². The third-order valence-corrected chi connectivity index (χ3v) is 11.9. The molecular weight excluding hydrogens is 733 g/mol. The minimum Gasteiger partial charge on any atom is -0.462 e. The maximum absolute atomic E-state index is 12.7. The van der Waals surface area contributed by atoms with E-state index in [1.54, 1.807) is 0 Å². The summed E-state index contributed by atoms with van der Waals surface area (Å²) in [7, 11) is 0. The Hall–Kier alpha value is -1.59. The van der Waals surface area contributed by atoms with Crippen molar-refractivity contribution in [3.05, 3.63) is 0 Å². The number of hydrogen-bond acceptors (Lipinski definition) is 6. The maximum Gasteiger partial charge on any atom is 0.306 e. The molecule has 350 valence electrons. The number of unbranched alkanes of at least 4 members (excludes halogenated alkanes) is 29. The van der Waals surface area contributed by atoms with Crippen molar-refractivity contribution < 1.29 is 28.6 Å². The van der Waals surface area contributed by atoms with Gasteiger partial charge in [0.1, 0.15) is 13.2 Å². The second-order valence-corrected chi connectivity index (χ2v) is 19.6. The number of hydrogen-bond donors (Lipinski definition) is 0. The van der Waals surface area contributed by atoms with Crippen LogP contribution in [0, 0.1) is 17.8 Å². The van der Waals surface area contributed by atoms with Crippen molar-refractivity contribution in [2.75, 3.05) is 13.2 Å². The number of carbonyl (C=O) groups excluding carboxylic acids is 3. The van der Waals surface area contributed by atoms with Gasteiger partial charge >= 0.3 is 17.9 Å². The van der Waals surface area contributed by atoms with Gasteiger partial charge in [-0.25, -0.2) is 0 Å². The van der Waals surface area contributed by atoms with Gasteiger partial charge in [-0.3, -0.25) is 14.4 Å². The van der Waals surface area contributed by atoms with Crippen molar-refractivity contribution in [3.63, 3.8) is 0 Å². The molecule has 6 nitrogen and oxygen atoms in total. The molecule has 0 aromatic heterocycles. The zero-order valence-electron chi connectivity index (χ0n) is 40.5. The average Bonchev–Trinajstić information content (AvgIpc) is 3.19. The molecule has 0 unspecified atom stereocenters. The lowest BCUT2D eigenvalue weighted by atomic mass is 10.0. The Kier molecular flexibility index (Phi) is 43.3. The van der Waals surface area contributed by atoms with Crippen LogP contribution in [0.4, 0.5) is 0 Å². The molecule has 0 amide bonds. The van der Waals surface area contributed by atoms with E-state index in [2.05, 4.69) is 41.5 Å². The highest BCUT2D eigenvalue weighted by Crippen LogP contribution is 2.18. The van der Waals surface area contributed by atoms with Gasteiger partial charge in [0.25, 0.3) is 0 Å².